The van der Waals surface area contributed by atoms with Crippen molar-refractivity contribution in [2.75, 3.05) is 18.0 Å². The lowest BCUT2D eigenvalue weighted by Crippen LogP contribution is -2.32. The molecule has 0 radical (unpaired) electrons. The fourth-order valence-corrected chi connectivity index (χ4v) is 3.96. The molecule has 2 aromatic rings. The van der Waals surface area contributed by atoms with Crippen molar-refractivity contribution in [3.05, 3.63) is 59.9 Å². The first-order chi connectivity index (χ1) is 16.1. The van der Waals surface area contributed by atoms with Gasteiger partial charge in [-0.15, -0.1) is 0 Å². The molecule has 0 spiro atoms. The van der Waals surface area contributed by atoms with Crippen molar-refractivity contribution in [2.24, 2.45) is 0 Å². The van der Waals surface area contributed by atoms with Gasteiger partial charge in [-0.1, -0.05) is 76.7 Å². The van der Waals surface area contributed by atoms with Crippen LogP contribution in [0.1, 0.15) is 89.2 Å². The Morgan fingerprint density at radius 1 is 0.788 bits per heavy atom. The molecule has 1 N–H and O–H groups in total. The summed E-state index contributed by atoms with van der Waals surface area (Å²) in [5.41, 5.74) is 3.68. The minimum Gasteiger partial charge on any atom is -0.481 e. The van der Waals surface area contributed by atoms with Gasteiger partial charge in [0.2, 0.25) is 0 Å². The van der Waals surface area contributed by atoms with Crippen LogP contribution in [0.3, 0.4) is 0 Å². The minimum absolute atomic E-state index is 0.208. The number of carbonyl (C=O) groups is 1. The summed E-state index contributed by atoms with van der Waals surface area (Å²) < 4.78 is 2.03. The van der Waals surface area contributed by atoms with E-state index in [1.807, 2.05) is 17.0 Å². The molecule has 1 aromatic carbocycles. The summed E-state index contributed by atoms with van der Waals surface area (Å²) in [6.07, 6.45) is 19.6. The molecule has 0 fully saturated rings. The van der Waals surface area contributed by atoms with Gasteiger partial charge in [0.25, 0.3) is 0 Å². The average molecular weight is 452 g/mol. The van der Waals surface area contributed by atoms with Crippen LogP contribution in [0.2, 0.25) is 0 Å². The first kappa shape index (κ1) is 26.6. The van der Waals surface area contributed by atoms with Gasteiger partial charge in [-0.2, -0.15) is 0 Å². The number of hydrogen-bond donors (Lipinski definition) is 1. The summed E-state index contributed by atoms with van der Waals surface area (Å²) in [6, 6.07) is 13.1. The fourth-order valence-electron chi connectivity index (χ4n) is 3.96. The lowest BCUT2D eigenvalue weighted by molar-refractivity contribution is -0.697. The molecule has 0 bridgehead atoms. The maximum Gasteiger partial charge on any atom is 0.303 e. The van der Waals surface area contributed by atoms with E-state index in [1.165, 1.54) is 62.6 Å². The van der Waals surface area contributed by atoms with Crippen LogP contribution in [0.5, 0.6) is 0 Å². The zero-order valence-corrected chi connectivity index (χ0v) is 20.7. The maximum atomic E-state index is 10.6. The number of benzene rings is 1. The molecular formula is C29H43N2O2+. The van der Waals surface area contributed by atoms with Gasteiger partial charge < -0.3 is 10.0 Å². The smallest absolute Gasteiger partial charge is 0.303 e. The van der Waals surface area contributed by atoms with Gasteiger partial charge in [-0.25, -0.2) is 4.57 Å². The standard InChI is InChI=1S/C29H42N2O2/c1-3-5-7-9-22-31(23-10-8-6-4-2)28-17-15-26(16-18-28)13-14-27-19-24-30(25-20-27)21-11-12-29(32)33/h13-20,24-25H,3-12,21-23H2,1-2H3/p+1. The summed E-state index contributed by atoms with van der Waals surface area (Å²) >= 11 is 0. The van der Waals surface area contributed by atoms with E-state index >= 15 is 0 Å². The quantitative estimate of drug-likeness (QED) is 0.208. The van der Waals surface area contributed by atoms with Gasteiger partial charge in [0.1, 0.15) is 6.54 Å². The molecule has 33 heavy (non-hydrogen) atoms. The molecule has 4 heteroatoms. The van der Waals surface area contributed by atoms with E-state index in [-0.39, 0.29) is 6.42 Å². The average Bonchev–Trinajstić information content (AvgIpc) is 2.83. The molecule has 0 unspecified atom stereocenters. The van der Waals surface area contributed by atoms with Crippen molar-refractivity contribution in [3.63, 3.8) is 0 Å². The Balaban J connectivity index is 1.92. The van der Waals surface area contributed by atoms with E-state index in [1.54, 1.807) is 0 Å². The highest BCUT2D eigenvalue weighted by atomic mass is 16.4. The summed E-state index contributed by atoms with van der Waals surface area (Å²) in [7, 11) is 0. The highest BCUT2D eigenvalue weighted by molar-refractivity contribution is 5.70. The van der Waals surface area contributed by atoms with Crippen LogP contribution in [0.4, 0.5) is 5.69 Å². The first-order valence-electron chi connectivity index (χ1n) is 12.9. The third kappa shape index (κ3) is 11.2. The number of aliphatic carboxylic acids is 1. The highest BCUT2D eigenvalue weighted by Gasteiger charge is 2.06. The molecular weight excluding hydrogens is 408 g/mol. The van der Waals surface area contributed by atoms with Crippen LogP contribution in [-0.2, 0) is 11.3 Å². The number of carboxylic acid groups (broad SMARTS) is 1. The molecule has 1 aromatic heterocycles. The number of anilines is 1. The molecule has 0 saturated heterocycles. The number of pyridine rings is 1. The number of aryl methyl sites for hydroxylation is 1. The molecule has 0 saturated carbocycles. The zero-order chi connectivity index (χ0) is 23.7. The molecule has 0 atom stereocenters. The second kappa shape index (κ2) is 16.1. The third-order valence-corrected chi connectivity index (χ3v) is 6.01. The van der Waals surface area contributed by atoms with Crippen LogP contribution in [0.25, 0.3) is 12.2 Å². The number of nitrogens with zero attached hydrogens (tertiary/aromatic N) is 2. The summed E-state index contributed by atoms with van der Waals surface area (Å²) in [6.45, 7) is 7.57. The van der Waals surface area contributed by atoms with Crippen molar-refractivity contribution in [2.45, 2.75) is 84.6 Å². The number of carboxylic acids is 1. The monoisotopic (exact) mass is 451 g/mol. The second-order valence-corrected chi connectivity index (χ2v) is 8.90. The molecule has 0 amide bonds. The predicted octanol–water partition coefficient (Wildman–Crippen LogP) is 6.98. The second-order valence-electron chi connectivity index (χ2n) is 8.90. The van der Waals surface area contributed by atoms with Crippen molar-refractivity contribution in [1.29, 1.82) is 0 Å². The van der Waals surface area contributed by atoms with Gasteiger partial charge in [0.15, 0.2) is 12.4 Å². The van der Waals surface area contributed by atoms with Gasteiger partial charge in [-0.05, 0) is 36.1 Å². The van der Waals surface area contributed by atoms with Crippen molar-refractivity contribution < 1.29 is 14.5 Å². The number of aromatic nitrogens is 1. The van der Waals surface area contributed by atoms with Gasteiger partial charge in [-0.3, -0.25) is 4.79 Å². The van der Waals surface area contributed by atoms with Gasteiger partial charge in [0, 0.05) is 37.3 Å². The number of hydrogen-bond acceptors (Lipinski definition) is 2. The van der Waals surface area contributed by atoms with Crippen molar-refractivity contribution in [3.8, 4) is 0 Å². The largest absolute Gasteiger partial charge is 0.481 e. The van der Waals surface area contributed by atoms with E-state index in [0.29, 0.717) is 6.42 Å². The summed E-state index contributed by atoms with van der Waals surface area (Å²) in [5, 5.41) is 8.76. The molecule has 1 heterocycles. The van der Waals surface area contributed by atoms with E-state index in [4.69, 9.17) is 5.11 Å². The highest BCUT2D eigenvalue weighted by Crippen LogP contribution is 2.19. The molecule has 0 aliphatic carbocycles. The minimum atomic E-state index is -0.739. The Labute approximate surface area is 201 Å². The molecule has 0 aliphatic heterocycles. The van der Waals surface area contributed by atoms with Crippen molar-refractivity contribution in [1.82, 2.24) is 0 Å². The molecule has 2 rings (SSSR count). The summed E-state index contributed by atoms with van der Waals surface area (Å²) in [4.78, 5) is 13.2. The Morgan fingerprint density at radius 3 is 1.85 bits per heavy atom. The number of unbranched alkanes of at least 4 members (excludes halogenated alkanes) is 6. The zero-order valence-electron chi connectivity index (χ0n) is 20.7. The predicted molar refractivity (Wildman–Crippen MR) is 139 cm³/mol. The molecule has 4 nitrogen and oxygen atoms in total. The summed E-state index contributed by atoms with van der Waals surface area (Å²) in [5.74, 6) is -0.739. The maximum absolute atomic E-state index is 10.6. The van der Waals surface area contributed by atoms with Crippen molar-refractivity contribution >= 4 is 23.8 Å². The van der Waals surface area contributed by atoms with Crippen LogP contribution < -0.4 is 9.47 Å². The Morgan fingerprint density at radius 2 is 1.33 bits per heavy atom. The van der Waals surface area contributed by atoms with E-state index in [2.05, 4.69) is 67.3 Å². The Kier molecular flexibility index (Phi) is 13.0. The van der Waals surface area contributed by atoms with Crippen LogP contribution in [0.15, 0.2) is 48.8 Å². The molecule has 0 aliphatic rings. The normalized spacial score (nSPS) is 11.2. The van der Waals surface area contributed by atoms with E-state index in [0.717, 1.165) is 25.2 Å². The van der Waals surface area contributed by atoms with E-state index < -0.39 is 5.97 Å². The number of rotatable bonds is 17. The lowest BCUT2D eigenvalue weighted by Gasteiger charge is -2.25. The third-order valence-electron chi connectivity index (χ3n) is 6.01. The molecule has 180 valence electrons. The van der Waals surface area contributed by atoms with Gasteiger partial charge in [0.05, 0.1) is 6.42 Å². The van der Waals surface area contributed by atoms with Crippen LogP contribution >= 0.6 is 0 Å². The first-order valence-corrected chi connectivity index (χ1v) is 12.9. The van der Waals surface area contributed by atoms with Crippen LogP contribution in [-0.4, -0.2) is 24.2 Å². The lowest BCUT2D eigenvalue weighted by atomic mass is 10.1. The topological polar surface area (TPSA) is 44.4 Å². The van der Waals surface area contributed by atoms with Gasteiger partial charge >= 0.3 is 5.97 Å². The SMILES string of the molecule is CCCCCCN(CCCCCC)c1ccc(/C=C/c2cc[n+](CCCC(=O)O)cc2)cc1. The Bertz CT molecular complexity index is 801. The Hall–Kier alpha value is -2.62. The van der Waals surface area contributed by atoms with Crippen LogP contribution in [0, 0.1) is 0 Å². The van der Waals surface area contributed by atoms with E-state index in [9.17, 15) is 4.79 Å². The fraction of sp³-hybridized carbons (Fsp3) is 0.517.